The zero-order valence-electron chi connectivity index (χ0n) is 13.0. The maximum atomic E-state index is 6.29. The van der Waals surface area contributed by atoms with Crippen molar-refractivity contribution in [1.29, 1.82) is 0 Å². The van der Waals surface area contributed by atoms with Crippen LogP contribution in [0.2, 0.25) is 10.0 Å². The minimum Gasteiger partial charge on any atom is -0.314 e. The van der Waals surface area contributed by atoms with Gasteiger partial charge < -0.3 is 5.32 Å². The van der Waals surface area contributed by atoms with E-state index in [2.05, 4.69) is 18.8 Å². The van der Waals surface area contributed by atoms with Gasteiger partial charge in [0.1, 0.15) is 0 Å². The summed E-state index contributed by atoms with van der Waals surface area (Å²) in [5.74, 6) is 0. The van der Waals surface area contributed by atoms with Gasteiger partial charge in [-0.3, -0.25) is 0 Å². The Morgan fingerprint density at radius 3 is 2.71 bits per heavy atom. The first-order valence-corrected chi connectivity index (χ1v) is 8.71. The average molecular weight is 328 g/mol. The first-order chi connectivity index (χ1) is 10.2. The van der Waals surface area contributed by atoms with Crippen LogP contribution in [0.15, 0.2) is 30.9 Å². The molecule has 0 fully saturated rings. The maximum Gasteiger partial charge on any atom is 0.0453 e. The third-order valence-electron chi connectivity index (χ3n) is 3.63. The Labute approximate surface area is 139 Å². The molecule has 1 nitrogen and oxygen atoms in total. The van der Waals surface area contributed by atoms with Crippen LogP contribution >= 0.6 is 23.2 Å². The Morgan fingerprint density at radius 1 is 1.24 bits per heavy atom. The smallest absolute Gasteiger partial charge is 0.0453 e. The Kier molecular flexibility index (Phi) is 9.82. The lowest BCUT2D eigenvalue weighted by atomic mass is 9.99. The maximum absolute atomic E-state index is 6.29. The molecule has 1 aromatic carbocycles. The molecular formula is C18H27Cl2N. The predicted molar refractivity (Wildman–Crippen MR) is 95.5 cm³/mol. The lowest BCUT2D eigenvalue weighted by Gasteiger charge is -2.19. The summed E-state index contributed by atoms with van der Waals surface area (Å²) < 4.78 is 0. The molecule has 1 rings (SSSR count). The van der Waals surface area contributed by atoms with Crippen molar-refractivity contribution >= 4 is 23.2 Å². The molecule has 0 aliphatic carbocycles. The number of rotatable bonds is 11. The molecule has 0 spiro atoms. The lowest BCUT2D eigenvalue weighted by molar-refractivity contribution is 0.454. The van der Waals surface area contributed by atoms with E-state index in [0.717, 1.165) is 30.8 Å². The summed E-state index contributed by atoms with van der Waals surface area (Å²) in [7, 11) is 0. The van der Waals surface area contributed by atoms with Gasteiger partial charge in [-0.2, -0.15) is 0 Å². The van der Waals surface area contributed by atoms with Crippen LogP contribution < -0.4 is 5.32 Å². The van der Waals surface area contributed by atoms with Gasteiger partial charge in [0.15, 0.2) is 0 Å². The standard InChI is InChI=1S/C18H27Cl2N/c1-3-5-6-7-8-9-17(21-12-4-2)13-15-10-11-16(19)14-18(15)20/h3,10-11,14,17,21H,1,4-9,12-13H2,2H3. The average Bonchev–Trinajstić information content (AvgIpc) is 2.46. The van der Waals surface area contributed by atoms with Crippen molar-refractivity contribution < 1.29 is 0 Å². The predicted octanol–water partition coefficient (Wildman–Crippen LogP) is 6.04. The van der Waals surface area contributed by atoms with E-state index in [4.69, 9.17) is 23.2 Å². The Bertz CT molecular complexity index is 418. The fraction of sp³-hybridized carbons (Fsp3) is 0.556. The number of nitrogens with one attached hydrogen (secondary N) is 1. The summed E-state index contributed by atoms with van der Waals surface area (Å²) in [6, 6.07) is 6.29. The number of hydrogen-bond donors (Lipinski definition) is 1. The Balaban J connectivity index is 2.49. The first-order valence-electron chi connectivity index (χ1n) is 7.95. The van der Waals surface area contributed by atoms with Crippen molar-refractivity contribution in [2.75, 3.05) is 6.54 Å². The minimum atomic E-state index is 0.493. The third kappa shape index (κ3) is 7.90. The van der Waals surface area contributed by atoms with Crippen molar-refractivity contribution in [3.63, 3.8) is 0 Å². The van der Waals surface area contributed by atoms with Gasteiger partial charge in [0.2, 0.25) is 0 Å². The molecule has 21 heavy (non-hydrogen) atoms. The second-order valence-electron chi connectivity index (χ2n) is 5.52. The highest BCUT2D eigenvalue weighted by Gasteiger charge is 2.11. The second-order valence-corrected chi connectivity index (χ2v) is 6.36. The van der Waals surface area contributed by atoms with E-state index < -0.39 is 0 Å². The molecule has 0 saturated carbocycles. The molecule has 0 heterocycles. The fourth-order valence-corrected chi connectivity index (χ4v) is 2.92. The molecule has 118 valence electrons. The molecule has 0 saturated heterocycles. The number of unbranched alkanes of at least 4 members (excludes halogenated alkanes) is 3. The van der Waals surface area contributed by atoms with Gasteiger partial charge in [-0.1, -0.05) is 55.1 Å². The van der Waals surface area contributed by atoms with E-state index in [9.17, 15) is 0 Å². The second kappa shape index (κ2) is 11.1. The molecule has 1 N–H and O–H groups in total. The van der Waals surface area contributed by atoms with Gasteiger partial charge in [-0.05, 0) is 56.3 Å². The van der Waals surface area contributed by atoms with Crippen molar-refractivity contribution in [2.45, 2.75) is 57.9 Å². The summed E-state index contributed by atoms with van der Waals surface area (Å²) in [4.78, 5) is 0. The van der Waals surface area contributed by atoms with Gasteiger partial charge in [0, 0.05) is 16.1 Å². The largest absolute Gasteiger partial charge is 0.314 e. The van der Waals surface area contributed by atoms with Crippen molar-refractivity contribution in [1.82, 2.24) is 5.32 Å². The van der Waals surface area contributed by atoms with Gasteiger partial charge in [-0.15, -0.1) is 6.58 Å². The molecule has 1 aromatic rings. The van der Waals surface area contributed by atoms with Crippen LogP contribution in [-0.2, 0) is 6.42 Å². The zero-order chi connectivity index (χ0) is 15.5. The summed E-state index contributed by atoms with van der Waals surface area (Å²) in [6.45, 7) is 7.02. The Hall–Kier alpha value is -0.500. The van der Waals surface area contributed by atoms with Crippen LogP contribution in [0.4, 0.5) is 0 Å². The van der Waals surface area contributed by atoms with E-state index >= 15 is 0 Å². The highest BCUT2D eigenvalue weighted by atomic mass is 35.5. The summed E-state index contributed by atoms with van der Waals surface area (Å²) in [6.07, 6.45) is 10.2. The highest BCUT2D eigenvalue weighted by molar-refractivity contribution is 6.35. The van der Waals surface area contributed by atoms with Gasteiger partial charge in [0.05, 0.1) is 0 Å². The van der Waals surface area contributed by atoms with Crippen molar-refractivity contribution in [3.8, 4) is 0 Å². The summed E-state index contributed by atoms with van der Waals surface area (Å²) >= 11 is 12.2. The molecular weight excluding hydrogens is 301 g/mol. The normalized spacial score (nSPS) is 12.3. The van der Waals surface area contributed by atoms with E-state index in [1.54, 1.807) is 0 Å². The highest BCUT2D eigenvalue weighted by Crippen LogP contribution is 2.23. The van der Waals surface area contributed by atoms with E-state index in [1.807, 2.05) is 24.3 Å². The molecule has 1 unspecified atom stereocenters. The summed E-state index contributed by atoms with van der Waals surface area (Å²) in [5.41, 5.74) is 1.18. The van der Waals surface area contributed by atoms with Crippen LogP contribution in [0.3, 0.4) is 0 Å². The molecule has 0 aliphatic rings. The minimum absolute atomic E-state index is 0.493. The van der Waals surface area contributed by atoms with Gasteiger partial charge in [0.25, 0.3) is 0 Å². The Morgan fingerprint density at radius 2 is 2.05 bits per heavy atom. The third-order valence-corrected chi connectivity index (χ3v) is 4.21. The molecule has 0 bridgehead atoms. The molecule has 1 atom stereocenters. The quantitative estimate of drug-likeness (QED) is 0.386. The van der Waals surface area contributed by atoms with Crippen molar-refractivity contribution in [3.05, 3.63) is 46.5 Å². The van der Waals surface area contributed by atoms with Crippen LogP contribution in [0, 0.1) is 0 Å². The van der Waals surface area contributed by atoms with E-state index in [1.165, 1.54) is 31.2 Å². The molecule has 0 radical (unpaired) electrons. The number of halogens is 2. The van der Waals surface area contributed by atoms with Crippen molar-refractivity contribution in [2.24, 2.45) is 0 Å². The molecule has 0 aliphatic heterocycles. The van der Waals surface area contributed by atoms with E-state index in [-0.39, 0.29) is 0 Å². The van der Waals surface area contributed by atoms with Gasteiger partial charge in [-0.25, -0.2) is 0 Å². The van der Waals surface area contributed by atoms with Gasteiger partial charge >= 0.3 is 0 Å². The number of hydrogen-bond acceptors (Lipinski definition) is 1. The SMILES string of the molecule is C=CCCCCCC(Cc1ccc(Cl)cc1Cl)NCCC. The molecule has 0 aromatic heterocycles. The summed E-state index contributed by atoms with van der Waals surface area (Å²) in [5, 5.41) is 5.11. The zero-order valence-corrected chi connectivity index (χ0v) is 14.5. The monoisotopic (exact) mass is 327 g/mol. The topological polar surface area (TPSA) is 12.0 Å². The first kappa shape index (κ1) is 18.5. The molecule has 0 amide bonds. The van der Waals surface area contributed by atoms with Crippen LogP contribution in [0.1, 0.15) is 51.0 Å². The van der Waals surface area contributed by atoms with Crippen LogP contribution in [-0.4, -0.2) is 12.6 Å². The number of allylic oxidation sites excluding steroid dienone is 1. The van der Waals surface area contributed by atoms with E-state index in [0.29, 0.717) is 11.1 Å². The van der Waals surface area contributed by atoms with Crippen LogP contribution in [0.5, 0.6) is 0 Å². The fourth-order valence-electron chi connectivity index (χ4n) is 2.43. The number of benzene rings is 1. The van der Waals surface area contributed by atoms with Crippen LogP contribution in [0.25, 0.3) is 0 Å². The lowest BCUT2D eigenvalue weighted by Crippen LogP contribution is -2.31. The molecule has 3 heteroatoms.